The third-order valence-corrected chi connectivity index (χ3v) is 3.17. The first-order chi connectivity index (χ1) is 9.67. The molecule has 0 fully saturated rings. The Balaban J connectivity index is 2.33. The van der Waals surface area contributed by atoms with E-state index >= 15 is 0 Å². The molecule has 0 heterocycles. The van der Waals surface area contributed by atoms with Crippen LogP contribution in [-0.2, 0) is 11.2 Å². The van der Waals surface area contributed by atoms with Crippen molar-refractivity contribution >= 4 is 5.78 Å². The number of methoxy groups -OCH3 is 1. The van der Waals surface area contributed by atoms with Gasteiger partial charge in [-0.25, -0.2) is 0 Å². The fourth-order valence-corrected chi connectivity index (χ4v) is 1.99. The molecule has 110 valence electrons. The zero-order chi connectivity index (χ0) is 14.8. The number of allylic oxidation sites excluding steroid dienone is 2. The number of ether oxygens (including phenoxy) is 1. The van der Waals surface area contributed by atoms with E-state index < -0.39 is 0 Å². The minimum absolute atomic E-state index is 0.157. The Kier molecular flexibility index (Phi) is 7.48. The Hall–Kier alpha value is -1.77. The molecule has 3 nitrogen and oxygen atoms in total. The zero-order valence-electron chi connectivity index (χ0n) is 12.4. The molecular formula is C17H24O3. The Morgan fingerprint density at radius 3 is 2.80 bits per heavy atom. The second-order valence-corrected chi connectivity index (χ2v) is 4.87. The highest BCUT2D eigenvalue weighted by molar-refractivity contribution is 5.89. The predicted octanol–water partition coefficient (Wildman–Crippen LogP) is 4.04. The minimum Gasteiger partial charge on any atom is -0.504 e. The summed E-state index contributed by atoms with van der Waals surface area (Å²) in [6.07, 6.45) is 9.07. The van der Waals surface area contributed by atoms with Crippen LogP contribution in [0.5, 0.6) is 11.5 Å². The van der Waals surface area contributed by atoms with E-state index in [2.05, 4.69) is 6.92 Å². The number of aromatic hydroxyl groups is 1. The zero-order valence-corrected chi connectivity index (χ0v) is 12.4. The second kappa shape index (κ2) is 9.18. The summed E-state index contributed by atoms with van der Waals surface area (Å²) in [5.41, 5.74) is 1.03. The molecule has 1 aromatic carbocycles. The summed E-state index contributed by atoms with van der Waals surface area (Å²) in [6, 6.07) is 5.38. The van der Waals surface area contributed by atoms with Crippen LogP contribution in [0.1, 0.15) is 44.6 Å². The highest BCUT2D eigenvalue weighted by Gasteiger charge is 2.01. The molecule has 20 heavy (non-hydrogen) atoms. The molecule has 0 saturated heterocycles. The molecule has 1 aromatic rings. The number of hydrogen-bond donors (Lipinski definition) is 1. The molecule has 0 atom stereocenters. The number of phenols is 1. The molecule has 0 aliphatic rings. The number of carbonyl (C=O) groups is 1. The molecule has 0 aliphatic heterocycles. The summed E-state index contributed by atoms with van der Waals surface area (Å²) in [7, 11) is 1.53. The van der Waals surface area contributed by atoms with Gasteiger partial charge in [-0.15, -0.1) is 0 Å². The molecule has 0 aliphatic carbocycles. The van der Waals surface area contributed by atoms with Crippen LogP contribution in [0.3, 0.4) is 0 Å². The lowest BCUT2D eigenvalue weighted by Crippen LogP contribution is -1.92. The molecule has 3 heteroatoms. The van der Waals surface area contributed by atoms with Gasteiger partial charge in [-0.2, -0.15) is 0 Å². The summed E-state index contributed by atoms with van der Waals surface area (Å²) < 4.78 is 5.00. The van der Waals surface area contributed by atoms with Gasteiger partial charge in [0, 0.05) is 6.42 Å². The van der Waals surface area contributed by atoms with Crippen LogP contribution in [0.2, 0.25) is 0 Å². The fourth-order valence-electron chi connectivity index (χ4n) is 1.99. The molecule has 0 radical (unpaired) electrons. The quantitative estimate of drug-likeness (QED) is 0.547. The van der Waals surface area contributed by atoms with Crippen LogP contribution >= 0.6 is 0 Å². The Morgan fingerprint density at radius 1 is 1.35 bits per heavy atom. The van der Waals surface area contributed by atoms with Crippen LogP contribution in [0, 0.1) is 0 Å². The van der Waals surface area contributed by atoms with E-state index in [0.29, 0.717) is 12.2 Å². The molecule has 0 amide bonds. The van der Waals surface area contributed by atoms with Crippen molar-refractivity contribution in [3.8, 4) is 11.5 Å². The maximum atomic E-state index is 11.5. The van der Waals surface area contributed by atoms with Crippen LogP contribution in [0.15, 0.2) is 30.4 Å². The summed E-state index contributed by atoms with van der Waals surface area (Å²) in [6.45, 7) is 2.13. The van der Waals surface area contributed by atoms with Gasteiger partial charge in [0.1, 0.15) is 0 Å². The summed E-state index contributed by atoms with van der Waals surface area (Å²) in [5, 5.41) is 9.66. The molecule has 0 spiro atoms. The summed E-state index contributed by atoms with van der Waals surface area (Å²) >= 11 is 0. The minimum atomic E-state index is 0.157. The van der Waals surface area contributed by atoms with Crippen molar-refractivity contribution in [2.24, 2.45) is 0 Å². The average molecular weight is 276 g/mol. The lowest BCUT2D eigenvalue weighted by Gasteiger charge is -2.05. The number of carbonyl (C=O) groups excluding carboxylic acids is 1. The third kappa shape index (κ3) is 5.91. The fraction of sp³-hybridized carbons (Fsp3) is 0.471. The van der Waals surface area contributed by atoms with Gasteiger partial charge in [-0.1, -0.05) is 31.9 Å². The molecule has 0 bridgehead atoms. The summed E-state index contributed by atoms with van der Waals surface area (Å²) in [5.74, 6) is 0.844. The maximum Gasteiger partial charge on any atom is 0.160 e. The smallest absolute Gasteiger partial charge is 0.160 e. The van der Waals surface area contributed by atoms with Crippen molar-refractivity contribution in [3.63, 3.8) is 0 Å². The number of benzene rings is 1. The van der Waals surface area contributed by atoms with Crippen molar-refractivity contribution in [1.82, 2.24) is 0 Å². The van der Waals surface area contributed by atoms with E-state index in [4.69, 9.17) is 4.74 Å². The van der Waals surface area contributed by atoms with E-state index in [9.17, 15) is 9.90 Å². The van der Waals surface area contributed by atoms with Gasteiger partial charge in [-0.05, 0) is 43.0 Å². The van der Waals surface area contributed by atoms with E-state index in [0.717, 1.165) is 37.7 Å². The average Bonchev–Trinajstić information content (AvgIpc) is 2.44. The highest BCUT2D eigenvalue weighted by atomic mass is 16.5. The number of rotatable bonds is 9. The first kappa shape index (κ1) is 16.3. The van der Waals surface area contributed by atoms with Crippen molar-refractivity contribution in [1.29, 1.82) is 0 Å². The van der Waals surface area contributed by atoms with Gasteiger partial charge in [0.25, 0.3) is 0 Å². The first-order valence-electron chi connectivity index (χ1n) is 7.22. The largest absolute Gasteiger partial charge is 0.504 e. The van der Waals surface area contributed by atoms with Crippen LogP contribution < -0.4 is 4.74 Å². The number of phenolic OH excluding ortho intramolecular Hbond substituents is 1. The summed E-state index contributed by atoms with van der Waals surface area (Å²) in [4.78, 5) is 11.5. The Labute approximate surface area is 121 Å². The lowest BCUT2D eigenvalue weighted by atomic mass is 10.1. The number of ketones is 1. The van der Waals surface area contributed by atoms with Crippen molar-refractivity contribution < 1.29 is 14.6 Å². The van der Waals surface area contributed by atoms with Gasteiger partial charge in [0.15, 0.2) is 17.3 Å². The van der Waals surface area contributed by atoms with Gasteiger partial charge in [-0.3, -0.25) is 4.79 Å². The standard InChI is InChI=1S/C17H24O3/c1-3-4-5-9-15(18)10-7-6-8-14-11-12-17(20-2)16(19)13-14/h7,10-13,19H,3-6,8-9H2,1-2H3. The van der Waals surface area contributed by atoms with Gasteiger partial charge >= 0.3 is 0 Å². The molecule has 0 unspecified atom stereocenters. The van der Waals surface area contributed by atoms with Crippen LogP contribution in [-0.4, -0.2) is 18.0 Å². The molecule has 0 aromatic heterocycles. The van der Waals surface area contributed by atoms with Gasteiger partial charge in [0.05, 0.1) is 7.11 Å². The SMILES string of the molecule is CCCCCC(=O)C=CCCc1ccc(OC)c(O)c1. The van der Waals surface area contributed by atoms with Gasteiger partial charge < -0.3 is 9.84 Å². The molecular weight excluding hydrogens is 252 g/mol. The van der Waals surface area contributed by atoms with Crippen molar-refractivity contribution in [3.05, 3.63) is 35.9 Å². The molecule has 1 rings (SSSR count). The maximum absolute atomic E-state index is 11.5. The monoisotopic (exact) mass is 276 g/mol. The number of hydrogen-bond acceptors (Lipinski definition) is 3. The topological polar surface area (TPSA) is 46.5 Å². The second-order valence-electron chi connectivity index (χ2n) is 4.87. The van der Waals surface area contributed by atoms with E-state index in [-0.39, 0.29) is 11.5 Å². The highest BCUT2D eigenvalue weighted by Crippen LogP contribution is 2.26. The normalized spacial score (nSPS) is 10.9. The van der Waals surface area contributed by atoms with Crippen molar-refractivity contribution in [2.75, 3.05) is 7.11 Å². The lowest BCUT2D eigenvalue weighted by molar-refractivity contribution is -0.114. The number of aryl methyl sites for hydroxylation is 1. The van der Waals surface area contributed by atoms with E-state index in [1.165, 1.54) is 7.11 Å². The Bertz CT molecular complexity index is 450. The van der Waals surface area contributed by atoms with Crippen molar-refractivity contribution in [2.45, 2.75) is 45.4 Å². The molecule has 0 saturated carbocycles. The molecule has 1 N–H and O–H groups in total. The Morgan fingerprint density at radius 2 is 2.15 bits per heavy atom. The van der Waals surface area contributed by atoms with E-state index in [1.54, 1.807) is 18.2 Å². The van der Waals surface area contributed by atoms with E-state index in [1.807, 2.05) is 12.1 Å². The van der Waals surface area contributed by atoms with Crippen LogP contribution in [0.4, 0.5) is 0 Å². The predicted molar refractivity (Wildman–Crippen MR) is 81.3 cm³/mol. The third-order valence-electron chi connectivity index (χ3n) is 3.17. The van der Waals surface area contributed by atoms with Gasteiger partial charge in [0.2, 0.25) is 0 Å². The number of unbranched alkanes of at least 4 members (excludes halogenated alkanes) is 2. The van der Waals surface area contributed by atoms with Crippen LogP contribution in [0.25, 0.3) is 0 Å². The first-order valence-corrected chi connectivity index (χ1v) is 7.22.